The van der Waals surface area contributed by atoms with Crippen LogP contribution in [0.4, 0.5) is 8.78 Å². The van der Waals surface area contributed by atoms with Gasteiger partial charge in [-0.15, -0.1) is 11.6 Å². The maximum Gasteiger partial charge on any atom is 0.128 e. The summed E-state index contributed by atoms with van der Waals surface area (Å²) in [7, 11) is 0. The number of rotatable bonds is 4. The van der Waals surface area contributed by atoms with E-state index >= 15 is 0 Å². The van der Waals surface area contributed by atoms with Gasteiger partial charge in [-0.2, -0.15) is 0 Å². The summed E-state index contributed by atoms with van der Waals surface area (Å²) in [5.41, 5.74) is 0.582. The maximum atomic E-state index is 13.6. The highest BCUT2D eigenvalue weighted by atomic mass is 35.5. The summed E-state index contributed by atoms with van der Waals surface area (Å²) in [5.74, 6) is -0.403. The van der Waals surface area contributed by atoms with Gasteiger partial charge in [0, 0.05) is 5.56 Å². The molecule has 0 amide bonds. The third kappa shape index (κ3) is 3.18. The number of aryl methyl sites for hydroxylation is 1. The van der Waals surface area contributed by atoms with Gasteiger partial charge in [0.05, 0.1) is 5.38 Å². The Hall–Kier alpha value is -0.630. The predicted octanol–water partition coefficient (Wildman–Crippen LogP) is 4.99. The first-order valence-corrected chi connectivity index (χ1v) is 5.99. The van der Waals surface area contributed by atoms with Crippen LogP contribution in [-0.4, -0.2) is 0 Å². The van der Waals surface area contributed by atoms with Crippen molar-refractivity contribution in [3.05, 3.63) is 34.9 Å². The van der Waals surface area contributed by atoms with Gasteiger partial charge in [0.1, 0.15) is 11.6 Å². The van der Waals surface area contributed by atoms with E-state index in [9.17, 15) is 8.78 Å². The molecule has 2 unspecified atom stereocenters. The van der Waals surface area contributed by atoms with Crippen LogP contribution in [0.3, 0.4) is 0 Å². The van der Waals surface area contributed by atoms with Crippen molar-refractivity contribution in [2.75, 3.05) is 0 Å². The van der Waals surface area contributed by atoms with Gasteiger partial charge in [-0.3, -0.25) is 0 Å². The van der Waals surface area contributed by atoms with Gasteiger partial charge >= 0.3 is 0 Å². The predicted molar refractivity (Wildman–Crippen MR) is 63.8 cm³/mol. The van der Waals surface area contributed by atoms with E-state index in [4.69, 9.17) is 11.6 Å². The fourth-order valence-electron chi connectivity index (χ4n) is 1.55. The molecule has 1 aromatic carbocycles. The van der Waals surface area contributed by atoms with E-state index in [2.05, 4.69) is 13.8 Å². The molecule has 0 saturated heterocycles. The molecule has 90 valence electrons. The lowest BCUT2D eigenvalue weighted by atomic mass is 9.97. The zero-order valence-electron chi connectivity index (χ0n) is 9.86. The van der Waals surface area contributed by atoms with Gasteiger partial charge in [0.25, 0.3) is 0 Å². The zero-order valence-corrected chi connectivity index (χ0v) is 10.6. The fraction of sp³-hybridized carbons (Fsp3) is 0.538. The van der Waals surface area contributed by atoms with Gasteiger partial charge in [-0.1, -0.05) is 20.3 Å². The summed E-state index contributed by atoms with van der Waals surface area (Å²) < 4.78 is 26.9. The molecule has 0 spiro atoms. The molecule has 1 aromatic rings. The van der Waals surface area contributed by atoms with E-state index in [0.717, 1.165) is 6.42 Å². The molecule has 0 radical (unpaired) electrons. The monoisotopic (exact) mass is 246 g/mol. The third-order valence-corrected chi connectivity index (χ3v) is 3.33. The quantitative estimate of drug-likeness (QED) is 0.657. The molecule has 0 aliphatic carbocycles. The summed E-state index contributed by atoms with van der Waals surface area (Å²) in [5, 5.41) is -0.454. The van der Waals surface area contributed by atoms with E-state index in [1.54, 1.807) is 6.92 Å². The van der Waals surface area contributed by atoms with Crippen molar-refractivity contribution in [3.63, 3.8) is 0 Å². The second-order valence-electron chi connectivity index (χ2n) is 4.34. The maximum absolute atomic E-state index is 13.6. The van der Waals surface area contributed by atoms with Crippen LogP contribution in [0.25, 0.3) is 0 Å². The second kappa shape index (κ2) is 5.62. The number of alkyl halides is 1. The molecule has 0 nitrogen and oxygen atoms in total. The molecule has 16 heavy (non-hydrogen) atoms. The Morgan fingerprint density at radius 3 is 2.44 bits per heavy atom. The molecule has 2 atom stereocenters. The van der Waals surface area contributed by atoms with Crippen LogP contribution < -0.4 is 0 Å². The molecule has 0 saturated carbocycles. The smallest absolute Gasteiger partial charge is 0.128 e. The first-order chi connectivity index (χ1) is 7.45. The van der Waals surface area contributed by atoms with E-state index < -0.39 is 17.0 Å². The molecule has 0 N–H and O–H groups in total. The van der Waals surface area contributed by atoms with Crippen molar-refractivity contribution in [2.24, 2.45) is 5.92 Å². The van der Waals surface area contributed by atoms with E-state index in [1.165, 1.54) is 12.1 Å². The van der Waals surface area contributed by atoms with Gasteiger partial charge in [-0.25, -0.2) is 8.78 Å². The van der Waals surface area contributed by atoms with Crippen LogP contribution in [0.1, 0.15) is 43.2 Å². The van der Waals surface area contributed by atoms with Crippen molar-refractivity contribution >= 4 is 11.6 Å². The molecule has 0 aliphatic rings. The summed E-state index contributed by atoms with van der Waals surface area (Å²) in [6, 6.07) is 2.42. The SMILES string of the molecule is CCC(C)CC(Cl)c1cc(F)c(C)cc1F. The fourth-order valence-corrected chi connectivity index (χ4v) is 2.02. The standard InChI is InChI=1S/C13H17ClF2/c1-4-8(2)5-11(14)10-7-12(15)9(3)6-13(10)16/h6-8,11H,4-5H2,1-3H3. The Labute approximate surface area is 101 Å². The van der Waals surface area contributed by atoms with Crippen LogP contribution in [-0.2, 0) is 0 Å². The van der Waals surface area contributed by atoms with Crippen molar-refractivity contribution in [1.82, 2.24) is 0 Å². The Morgan fingerprint density at radius 2 is 1.88 bits per heavy atom. The summed E-state index contributed by atoms with van der Waals surface area (Å²) in [6.07, 6.45) is 1.65. The van der Waals surface area contributed by atoms with Crippen LogP contribution in [0.5, 0.6) is 0 Å². The largest absolute Gasteiger partial charge is 0.207 e. The molecule has 0 aromatic heterocycles. The van der Waals surface area contributed by atoms with E-state index in [-0.39, 0.29) is 5.56 Å². The number of benzene rings is 1. The normalized spacial score (nSPS) is 14.9. The number of hydrogen-bond acceptors (Lipinski definition) is 0. The van der Waals surface area contributed by atoms with Gasteiger partial charge < -0.3 is 0 Å². The summed E-state index contributed by atoms with van der Waals surface area (Å²) in [4.78, 5) is 0. The first-order valence-electron chi connectivity index (χ1n) is 5.55. The number of hydrogen-bond donors (Lipinski definition) is 0. The summed E-state index contributed by atoms with van der Waals surface area (Å²) in [6.45, 7) is 5.65. The average Bonchev–Trinajstić information content (AvgIpc) is 2.23. The minimum absolute atomic E-state index is 0.269. The highest BCUT2D eigenvalue weighted by molar-refractivity contribution is 6.20. The lowest BCUT2D eigenvalue weighted by Gasteiger charge is -2.15. The topological polar surface area (TPSA) is 0 Å². The van der Waals surface area contributed by atoms with E-state index in [0.29, 0.717) is 17.9 Å². The van der Waals surface area contributed by atoms with Crippen molar-refractivity contribution in [3.8, 4) is 0 Å². The van der Waals surface area contributed by atoms with Crippen LogP contribution in [0.2, 0.25) is 0 Å². The number of halogens is 3. The highest BCUT2D eigenvalue weighted by Gasteiger charge is 2.17. The highest BCUT2D eigenvalue weighted by Crippen LogP contribution is 2.31. The Kier molecular flexibility index (Phi) is 4.72. The Bertz CT molecular complexity index is 363. The molecule has 1 rings (SSSR count). The molecule has 0 bridgehead atoms. The van der Waals surface area contributed by atoms with Gasteiger partial charge in [0.2, 0.25) is 0 Å². The van der Waals surface area contributed by atoms with Crippen molar-refractivity contribution < 1.29 is 8.78 Å². The summed E-state index contributed by atoms with van der Waals surface area (Å²) >= 11 is 6.10. The Morgan fingerprint density at radius 1 is 1.25 bits per heavy atom. The lowest BCUT2D eigenvalue weighted by molar-refractivity contribution is 0.494. The minimum Gasteiger partial charge on any atom is -0.207 e. The zero-order chi connectivity index (χ0) is 12.3. The molecule has 0 fully saturated rings. The van der Waals surface area contributed by atoms with Crippen molar-refractivity contribution in [2.45, 2.75) is 39.0 Å². The van der Waals surface area contributed by atoms with Gasteiger partial charge in [0.15, 0.2) is 0 Å². The average molecular weight is 247 g/mol. The van der Waals surface area contributed by atoms with Crippen LogP contribution in [0.15, 0.2) is 12.1 Å². The molecule has 0 aliphatic heterocycles. The van der Waals surface area contributed by atoms with Gasteiger partial charge in [-0.05, 0) is 37.0 Å². The Balaban J connectivity index is 2.91. The van der Waals surface area contributed by atoms with Crippen LogP contribution in [0, 0.1) is 24.5 Å². The molecule has 0 heterocycles. The molecular weight excluding hydrogens is 230 g/mol. The molecule has 3 heteroatoms. The van der Waals surface area contributed by atoms with Crippen molar-refractivity contribution in [1.29, 1.82) is 0 Å². The van der Waals surface area contributed by atoms with Crippen LogP contribution >= 0.6 is 11.6 Å². The second-order valence-corrected chi connectivity index (χ2v) is 4.87. The minimum atomic E-state index is -0.454. The molecular formula is C13H17ClF2. The third-order valence-electron chi connectivity index (χ3n) is 2.92. The first kappa shape index (κ1) is 13.4. The lowest BCUT2D eigenvalue weighted by Crippen LogP contribution is -2.03. The van der Waals surface area contributed by atoms with E-state index in [1.807, 2.05) is 0 Å².